The second-order valence-electron chi connectivity index (χ2n) is 5.08. The number of hydrogen-bond donors (Lipinski definition) is 1. The lowest BCUT2D eigenvalue weighted by Gasteiger charge is -2.10. The van der Waals surface area contributed by atoms with Crippen molar-refractivity contribution in [3.63, 3.8) is 0 Å². The normalized spacial score (nSPS) is 14.1. The van der Waals surface area contributed by atoms with Crippen molar-refractivity contribution < 1.29 is 13.2 Å². The maximum Gasteiger partial charge on any atom is 0.235 e. The number of para-hydroxylation sites is 1. The van der Waals surface area contributed by atoms with Gasteiger partial charge in [-0.2, -0.15) is 5.26 Å². The minimum atomic E-state index is -3.34. The van der Waals surface area contributed by atoms with E-state index in [4.69, 9.17) is 4.74 Å². The van der Waals surface area contributed by atoms with E-state index in [1.165, 1.54) is 6.07 Å². The molecule has 0 radical (unpaired) electrons. The summed E-state index contributed by atoms with van der Waals surface area (Å²) in [4.78, 5) is 0. The Kier molecular flexibility index (Phi) is 3.73. The maximum atomic E-state index is 11.9. The van der Waals surface area contributed by atoms with Crippen molar-refractivity contribution in [2.24, 2.45) is 0 Å². The molecule has 1 fully saturated rings. The molecule has 1 saturated carbocycles. The van der Waals surface area contributed by atoms with E-state index in [9.17, 15) is 13.7 Å². The van der Waals surface area contributed by atoms with Crippen molar-refractivity contribution in [3.05, 3.63) is 54.1 Å². The van der Waals surface area contributed by atoms with Crippen LogP contribution in [0.1, 0.15) is 18.4 Å². The monoisotopic (exact) mass is 314 g/mol. The fraction of sp³-hybridized carbons (Fsp3) is 0.188. The fourth-order valence-electron chi connectivity index (χ4n) is 2.01. The molecule has 2 aromatic rings. The van der Waals surface area contributed by atoms with Crippen molar-refractivity contribution in [2.75, 3.05) is 4.72 Å². The largest absolute Gasteiger partial charge is 0.456 e. The summed E-state index contributed by atoms with van der Waals surface area (Å²) in [5.41, 5.74) is 0.656. The third kappa shape index (κ3) is 3.21. The first-order valence-electron chi connectivity index (χ1n) is 6.87. The van der Waals surface area contributed by atoms with Crippen LogP contribution in [0.25, 0.3) is 0 Å². The molecule has 1 N–H and O–H groups in total. The van der Waals surface area contributed by atoms with Gasteiger partial charge in [-0.3, -0.25) is 4.72 Å². The van der Waals surface area contributed by atoms with Gasteiger partial charge in [0.25, 0.3) is 0 Å². The van der Waals surface area contributed by atoms with Crippen molar-refractivity contribution in [1.82, 2.24) is 0 Å². The molecule has 0 saturated heterocycles. The average Bonchev–Trinajstić information content (AvgIpc) is 3.35. The molecular weight excluding hydrogens is 300 g/mol. The smallest absolute Gasteiger partial charge is 0.235 e. The van der Waals surface area contributed by atoms with Gasteiger partial charge in [-0.15, -0.1) is 0 Å². The predicted octanol–water partition coefficient (Wildman–Crippen LogP) is 3.25. The van der Waals surface area contributed by atoms with E-state index in [0.717, 1.165) is 0 Å². The van der Waals surface area contributed by atoms with Gasteiger partial charge in [0, 0.05) is 0 Å². The Morgan fingerprint density at radius 3 is 2.50 bits per heavy atom. The molecule has 0 aromatic heterocycles. The molecule has 1 aliphatic rings. The topological polar surface area (TPSA) is 79.2 Å². The molecule has 5 nitrogen and oxygen atoms in total. The van der Waals surface area contributed by atoms with Crippen LogP contribution in [0.2, 0.25) is 0 Å². The Bertz CT molecular complexity index is 822. The molecule has 6 heteroatoms. The molecule has 1 aliphatic carbocycles. The van der Waals surface area contributed by atoms with Crippen LogP contribution < -0.4 is 9.46 Å². The van der Waals surface area contributed by atoms with Gasteiger partial charge in [0.05, 0.1) is 16.5 Å². The van der Waals surface area contributed by atoms with Gasteiger partial charge in [-0.25, -0.2) is 8.42 Å². The van der Waals surface area contributed by atoms with Crippen LogP contribution in [-0.4, -0.2) is 13.7 Å². The highest BCUT2D eigenvalue weighted by atomic mass is 32.2. The van der Waals surface area contributed by atoms with Gasteiger partial charge in [-0.05, 0) is 43.2 Å². The fourth-order valence-corrected chi connectivity index (χ4v) is 3.39. The lowest BCUT2D eigenvalue weighted by atomic mass is 10.2. The van der Waals surface area contributed by atoms with Gasteiger partial charge >= 0.3 is 0 Å². The standard InChI is InChI=1S/C16H14N2O3S/c17-11-12-10-13(18-22(19,20)15-7-8-15)6-9-16(12)21-14-4-2-1-3-5-14/h1-6,9-10,15,18H,7-8H2. The summed E-state index contributed by atoms with van der Waals surface area (Å²) in [5, 5.41) is 8.93. The van der Waals surface area contributed by atoms with E-state index < -0.39 is 10.0 Å². The minimum absolute atomic E-state index is 0.278. The summed E-state index contributed by atoms with van der Waals surface area (Å²) in [7, 11) is -3.34. The van der Waals surface area contributed by atoms with Gasteiger partial charge in [0.2, 0.25) is 10.0 Å². The molecule has 0 unspecified atom stereocenters. The zero-order valence-electron chi connectivity index (χ0n) is 11.7. The molecule has 3 rings (SSSR count). The molecule has 22 heavy (non-hydrogen) atoms. The van der Waals surface area contributed by atoms with Gasteiger partial charge in [0.1, 0.15) is 17.6 Å². The van der Waals surface area contributed by atoms with E-state index in [0.29, 0.717) is 30.0 Å². The van der Waals surface area contributed by atoms with Crippen LogP contribution in [0, 0.1) is 11.3 Å². The number of rotatable bonds is 5. The quantitative estimate of drug-likeness (QED) is 0.918. The first kappa shape index (κ1) is 14.4. The van der Waals surface area contributed by atoms with E-state index in [2.05, 4.69) is 4.72 Å². The summed E-state index contributed by atoms with van der Waals surface area (Å²) in [5.74, 6) is 1.01. The Hall–Kier alpha value is -2.52. The Morgan fingerprint density at radius 1 is 1.14 bits per heavy atom. The van der Waals surface area contributed by atoms with Crippen LogP contribution >= 0.6 is 0 Å². The highest BCUT2D eigenvalue weighted by molar-refractivity contribution is 7.93. The highest BCUT2D eigenvalue weighted by Gasteiger charge is 2.35. The van der Waals surface area contributed by atoms with Crippen LogP contribution in [0.4, 0.5) is 5.69 Å². The minimum Gasteiger partial charge on any atom is -0.456 e. The maximum absolute atomic E-state index is 11.9. The number of sulfonamides is 1. The second kappa shape index (κ2) is 5.70. The lowest BCUT2D eigenvalue weighted by molar-refractivity contribution is 0.481. The number of benzene rings is 2. The molecule has 0 amide bonds. The van der Waals surface area contributed by atoms with Crippen molar-refractivity contribution in [3.8, 4) is 17.6 Å². The SMILES string of the molecule is N#Cc1cc(NS(=O)(=O)C2CC2)ccc1Oc1ccccc1. The molecule has 0 aliphatic heterocycles. The zero-order valence-corrected chi connectivity index (χ0v) is 12.5. The van der Waals surface area contributed by atoms with Crippen molar-refractivity contribution in [1.29, 1.82) is 5.26 Å². The molecule has 0 bridgehead atoms. The van der Waals surface area contributed by atoms with Crippen LogP contribution in [0.3, 0.4) is 0 Å². The van der Waals surface area contributed by atoms with Crippen LogP contribution in [0.5, 0.6) is 11.5 Å². The van der Waals surface area contributed by atoms with Gasteiger partial charge < -0.3 is 4.74 Å². The Morgan fingerprint density at radius 2 is 1.86 bits per heavy atom. The van der Waals surface area contributed by atoms with Crippen molar-refractivity contribution in [2.45, 2.75) is 18.1 Å². The average molecular weight is 314 g/mol. The third-order valence-corrected chi connectivity index (χ3v) is 5.16. The summed E-state index contributed by atoms with van der Waals surface area (Å²) in [6.45, 7) is 0. The first-order valence-corrected chi connectivity index (χ1v) is 8.42. The number of anilines is 1. The first-order chi connectivity index (χ1) is 10.6. The Labute approximate surface area is 129 Å². The van der Waals surface area contributed by atoms with Gasteiger partial charge in [0.15, 0.2) is 0 Å². The number of ether oxygens (including phenoxy) is 1. The molecule has 0 heterocycles. The van der Waals surface area contributed by atoms with Crippen LogP contribution in [0.15, 0.2) is 48.5 Å². The Balaban J connectivity index is 1.83. The molecule has 2 aromatic carbocycles. The number of nitrogens with one attached hydrogen (secondary N) is 1. The van der Waals surface area contributed by atoms with E-state index in [1.54, 1.807) is 24.3 Å². The number of hydrogen-bond acceptors (Lipinski definition) is 4. The number of nitrogens with zero attached hydrogens (tertiary/aromatic N) is 1. The van der Waals surface area contributed by atoms with Crippen LogP contribution in [-0.2, 0) is 10.0 Å². The highest BCUT2D eigenvalue weighted by Crippen LogP contribution is 2.32. The summed E-state index contributed by atoms with van der Waals surface area (Å²) < 4.78 is 32.0. The summed E-state index contributed by atoms with van der Waals surface area (Å²) in [6.07, 6.45) is 1.38. The summed E-state index contributed by atoms with van der Waals surface area (Å²) in [6, 6.07) is 15.8. The van der Waals surface area contributed by atoms with Crippen molar-refractivity contribution >= 4 is 15.7 Å². The third-order valence-electron chi connectivity index (χ3n) is 3.29. The number of nitriles is 1. The van der Waals surface area contributed by atoms with Gasteiger partial charge in [-0.1, -0.05) is 18.2 Å². The summed E-state index contributed by atoms with van der Waals surface area (Å²) >= 11 is 0. The second-order valence-corrected chi connectivity index (χ2v) is 7.05. The molecule has 112 valence electrons. The zero-order chi connectivity index (χ0) is 15.6. The lowest BCUT2D eigenvalue weighted by Crippen LogP contribution is -2.17. The van der Waals surface area contributed by atoms with E-state index in [-0.39, 0.29) is 10.8 Å². The molecular formula is C16H14N2O3S. The van der Waals surface area contributed by atoms with E-state index in [1.807, 2.05) is 24.3 Å². The predicted molar refractivity (Wildman–Crippen MR) is 83.2 cm³/mol. The molecule has 0 spiro atoms. The van der Waals surface area contributed by atoms with E-state index >= 15 is 0 Å². The molecule has 0 atom stereocenters.